The van der Waals surface area contributed by atoms with E-state index >= 15 is 0 Å². The number of unbranched alkanes of at least 4 members (excludes halogenated alkanes) is 22. The van der Waals surface area contributed by atoms with Crippen molar-refractivity contribution in [3.05, 3.63) is 24.3 Å². The van der Waals surface area contributed by atoms with E-state index in [1.807, 2.05) is 0 Å². The lowest BCUT2D eigenvalue weighted by molar-refractivity contribution is 0.213. The number of hydrogen-bond acceptors (Lipinski definition) is 3. The first-order valence-corrected chi connectivity index (χ1v) is 17.4. The monoisotopic (exact) mass is 548 g/mol. The molecule has 0 heterocycles. The molecule has 230 valence electrons. The summed E-state index contributed by atoms with van der Waals surface area (Å²) in [6, 6.07) is 0. The fourth-order valence-corrected chi connectivity index (χ4v) is 5.24. The molecule has 3 nitrogen and oxygen atoms in total. The van der Waals surface area contributed by atoms with Gasteiger partial charge in [0.2, 0.25) is 0 Å². The van der Waals surface area contributed by atoms with E-state index in [9.17, 15) is 10.3 Å². The predicted octanol–water partition coefficient (Wildman–Crippen LogP) is 12.3. The van der Waals surface area contributed by atoms with Crippen LogP contribution in [0.15, 0.2) is 29.5 Å². The van der Waals surface area contributed by atoms with Gasteiger partial charge in [0.1, 0.15) is 0 Å². The molecule has 1 unspecified atom stereocenters. The minimum Gasteiger partial charge on any atom is -0.411 e. The lowest BCUT2D eigenvalue weighted by Gasteiger charge is -2.12. The van der Waals surface area contributed by atoms with Gasteiger partial charge in [-0.1, -0.05) is 152 Å². The molecule has 1 atom stereocenters. The zero-order chi connectivity index (χ0) is 28.5. The SMILES string of the molecule is CCCCCCCC/C=C/CCCCCCC/C(=N\O)C(O)CCCCCCC/C=C/CCCCCCCC. The van der Waals surface area contributed by atoms with Crippen molar-refractivity contribution in [2.24, 2.45) is 5.16 Å². The van der Waals surface area contributed by atoms with Crippen LogP contribution in [0.5, 0.6) is 0 Å². The summed E-state index contributed by atoms with van der Waals surface area (Å²) >= 11 is 0. The Morgan fingerprint density at radius 3 is 1.21 bits per heavy atom. The van der Waals surface area contributed by atoms with Gasteiger partial charge < -0.3 is 10.3 Å². The highest BCUT2D eigenvalue weighted by molar-refractivity contribution is 5.87. The van der Waals surface area contributed by atoms with Crippen molar-refractivity contribution in [3.63, 3.8) is 0 Å². The quantitative estimate of drug-likeness (QED) is 0.0298. The van der Waals surface area contributed by atoms with Crippen molar-refractivity contribution in [1.29, 1.82) is 0 Å². The zero-order valence-corrected chi connectivity index (χ0v) is 26.5. The molecule has 0 aliphatic rings. The van der Waals surface area contributed by atoms with E-state index < -0.39 is 6.10 Å². The van der Waals surface area contributed by atoms with Gasteiger partial charge in [0.25, 0.3) is 0 Å². The van der Waals surface area contributed by atoms with Gasteiger partial charge in [-0.15, -0.1) is 0 Å². The molecule has 39 heavy (non-hydrogen) atoms. The minimum atomic E-state index is -0.573. The molecule has 2 N–H and O–H groups in total. The number of hydrogen-bond donors (Lipinski definition) is 2. The van der Waals surface area contributed by atoms with Gasteiger partial charge in [-0.2, -0.15) is 0 Å². The van der Waals surface area contributed by atoms with E-state index in [1.165, 1.54) is 141 Å². The lowest BCUT2D eigenvalue weighted by Crippen LogP contribution is -2.20. The molecule has 0 spiro atoms. The molecule has 0 aromatic carbocycles. The molecule has 0 amide bonds. The van der Waals surface area contributed by atoms with E-state index in [0.29, 0.717) is 5.71 Å². The lowest BCUT2D eigenvalue weighted by atomic mass is 10.00. The van der Waals surface area contributed by atoms with Gasteiger partial charge in [-0.3, -0.25) is 0 Å². The summed E-state index contributed by atoms with van der Waals surface area (Å²) in [5.74, 6) is 0. The first kappa shape index (κ1) is 37.9. The molecule has 0 aliphatic heterocycles. The van der Waals surface area contributed by atoms with Gasteiger partial charge in [0, 0.05) is 0 Å². The maximum Gasteiger partial charge on any atom is 0.0954 e. The number of rotatable bonds is 31. The third-order valence-electron chi connectivity index (χ3n) is 7.95. The van der Waals surface area contributed by atoms with Crippen molar-refractivity contribution >= 4 is 5.71 Å². The smallest absolute Gasteiger partial charge is 0.0954 e. The van der Waals surface area contributed by atoms with Crippen LogP contribution in [0.1, 0.15) is 194 Å². The third-order valence-corrected chi connectivity index (χ3v) is 7.95. The Morgan fingerprint density at radius 2 is 0.821 bits per heavy atom. The number of allylic oxidation sites excluding steroid dienone is 4. The van der Waals surface area contributed by atoms with Crippen LogP contribution in [0.25, 0.3) is 0 Å². The molecule has 0 bridgehead atoms. The van der Waals surface area contributed by atoms with E-state index in [-0.39, 0.29) is 0 Å². The maximum atomic E-state index is 10.4. The Kier molecular flexibility index (Phi) is 32.2. The number of aliphatic hydroxyl groups excluding tert-OH is 1. The molecule has 0 saturated carbocycles. The summed E-state index contributed by atoms with van der Waals surface area (Å²) in [5.41, 5.74) is 0.586. The molecule has 0 fully saturated rings. The van der Waals surface area contributed by atoms with Crippen molar-refractivity contribution in [3.8, 4) is 0 Å². The van der Waals surface area contributed by atoms with E-state index in [0.717, 1.165) is 38.5 Å². The molecule has 0 aliphatic carbocycles. The first-order chi connectivity index (χ1) is 19.3. The fourth-order valence-electron chi connectivity index (χ4n) is 5.24. The first-order valence-electron chi connectivity index (χ1n) is 17.4. The van der Waals surface area contributed by atoms with Crippen LogP contribution in [0, 0.1) is 0 Å². The van der Waals surface area contributed by atoms with Crippen LogP contribution in [0.3, 0.4) is 0 Å². The average Bonchev–Trinajstić information content (AvgIpc) is 2.95. The summed E-state index contributed by atoms with van der Waals surface area (Å²) < 4.78 is 0. The van der Waals surface area contributed by atoms with Crippen LogP contribution in [0.2, 0.25) is 0 Å². The fraction of sp³-hybridized carbons (Fsp3) is 0.861. The summed E-state index contributed by atoms with van der Waals surface area (Å²) in [7, 11) is 0. The summed E-state index contributed by atoms with van der Waals surface area (Å²) in [6.45, 7) is 4.55. The second kappa shape index (κ2) is 33.1. The zero-order valence-electron chi connectivity index (χ0n) is 26.5. The Balaban J connectivity index is 3.50. The predicted molar refractivity (Wildman–Crippen MR) is 174 cm³/mol. The normalized spacial score (nSPS) is 13.3. The van der Waals surface area contributed by atoms with Gasteiger partial charge in [-0.25, -0.2) is 0 Å². The molecule has 0 saturated heterocycles. The van der Waals surface area contributed by atoms with Crippen LogP contribution in [-0.4, -0.2) is 22.1 Å². The van der Waals surface area contributed by atoms with Gasteiger partial charge in [0.05, 0.1) is 11.8 Å². The highest BCUT2D eigenvalue weighted by Gasteiger charge is 2.12. The second-order valence-corrected chi connectivity index (χ2v) is 11.8. The van der Waals surface area contributed by atoms with E-state index in [2.05, 4.69) is 43.3 Å². The Morgan fingerprint density at radius 1 is 0.487 bits per heavy atom. The number of aliphatic hydroxyl groups is 1. The highest BCUT2D eigenvalue weighted by atomic mass is 16.4. The topological polar surface area (TPSA) is 52.8 Å². The molecule has 0 aromatic heterocycles. The largest absolute Gasteiger partial charge is 0.411 e. The van der Waals surface area contributed by atoms with Crippen LogP contribution in [0.4, 0.5) is 0 Å². The van der Waals surface area contributed by atoms with E-state index in [4.69, 9.17) is 0 Å². The Labute approximate surface area is 245 Å². The molecular weight excluding hydrogens is 478 g/mol. The molecule has 3 heteroatoms. The Bertz CT molecular complexity index is 554. The molecule has 0 aromatic rings. The van der Waals surface area contributed by atoms with E-state index in [1.54, 1.807) is 0 Å². The van der Waals surface area contributed by atoms with Crippen LogP contribution >= 0.6 is 0 Å². The summed E-state index contributed by atoms with van der Waals surface area (Å²) in [4.78, 5) is 0. The Hall–Kier alpha value is -1.09. The molecule has 0 radical (unpaired) electrons. The summed E-state index contributed by atoms with van der Waals surface area (Å²) in [6.07, 6.45) is 43.7. The van der Waals surface area contributed by atoms with Gasteiger partial charge in [-0.05, 0) is 70.6 Å². The maximum absolute atomic E-state index is 10.4. The van der Waals surface area contributed by atoms with Crippen molar-refractivity contribution in [1.82, 2.24) is 0 Å². The highest BCUT2D eigenvalue weighted by Crippen LogP contribution is 2.15. The van der Waals surface area contributed by atoms with Gasteiger partial charge >= 0.3 is 0 Å². The number of nitrogens with zero attached hydrogens (tertiary/aromatic N) is 1. The average molecular weight is 548 g/mol. The molecule has 0 rings (SSSR count). The summed E-state index contributed by atoms with van der Waals surface area (Å²) in [5, 5.41) is 23.2. The van der Waals surface area contributed by atoms with Crippen molar-refractivity contribution in [2.75, 3.05) is 0 Å². The molecular formula is C36H69NO2. The second-order valence-electron chi connectivity index (χ2n) is 11.8. The van der Waals surface area contributed by atoms with Crippen LogP contribution < -0.4 is 0 Å². The van der Waals surface area contributed by atoms with Gasteiger partial charge in [0.15, 0.2) is 0 Å². The van der Waals surface area contributed by atoms with Crippen LogP contribution in [-0.2, 0) is 0 Å². The third kappa shape index (κ3) is 29.7. The van der Waals surface area contributed by atoms with Crippen molar-refractivity contribution < 1.29 is 10.3 Å². The van der Waals surface area contributed by atoms with Crippen molar-refractivity contribution in [2.45, 2.75) is 200 Å². The number of oxime groups is 1. The standard InChI is InChI=1S/C36H69NO2/c1-3-5-7-9-11-13-15-17-19-21-23-25-27-29-31-33-35(37-39)36(38)34-32-30-28-26-24-22-20-18-16-14-12-10-8-6-4-2/h17-20,36,38-39H,3-16,21-34H2,1-2H3/b19-17+,20-18+,37-35+. The minimum absolute atomic E-state index is 0.573.